The molecule has 0 aliphatic rings. The van der Waals surface area contributed by atoms with Crippen LogP contribution in [-0.2, 0) is 11.2 Å². The highest BCUT2D eigenvalue weighted by Gasteiger charge is 2.10. The van der Waals surface area contributed by atoms with E-state index in [2.05, 4.69) is 4.98 Å². The molecule has 0 aliphatic heterocycles. The van der Waals surface area contributed by atoms with E-state index in [1.54, 1.807) is 13.1 Å². The Morgan fingerprint density at radius 2 is 2.55 bits per heavy atom. The molecular formula is C8H11NO2. The lowest BCUT2D eigenvalue weighted by Crippen LogP contribution is -2.11. The van der Waals surface area contributed by atoms with Crippen LogP contribution < -0.4 is 0 Å². The number of carboxylic acid groups (broad SMARTS) is 1. The van der Waals surface area contributed by atoms with Crippen molar-refractivity contribution in [3.63, 3.8) is 0 Å². The maximum absolute atomic E-state index is 10.4. The smallest absolute Gasteiger partial charge is 0.306 e. The molecule has 60 valence electrons. The Morgan fingerprint density at radius 3 is 3.00 bits per heavy atom. The van der Waals surface area contributed by atoms with Gasteiger partial charge in [-0.2, -0.15) is 0 Å². The molecule has 0 radical (unpaired) electrons. The fraction of sp³-hybridized carbons (Fsp3) is 0.375. The first kappa shape index (κ1) is 7.85. The quantitative estimate of drug-likeness (QED) is 0.687. The summed E-state index contributed by atoms with van der Waals surface area (Å²) in [5.41, 5.74) is 1.04. The van der Waals surface area contributed by atoms with Gasteiger partial charge in [-0.25, -0.2) is 0 Å². The van der Waals surface area contributed by atoms with Crippen LogP contribution in [0.5, 0.6) is 0 Å². The number of hydrogen-bond donors (Lipinski definition) is 2. The molecule has 0 fully saturated rings. The van der Waals surface area contributed by atoms with Gasteiger partial charge in [0.1, 0.15) is 0 Å². The molecule has 0 aliphatic carbocycles. The van der Waals surface area contributed by atoms with Crippen molar-refractivity contribution in [3.8, 4) is 0 Å². The second kappa shape index (κ2) is 3.23. The fourth-order valence-corrected chi connectivity index (χ4v) is 0.926. The van der Waals surface area contributed by atoms with Gasteiger partial charge in [0.15, 0.2) is 0 Å². The lowest BCUT2D eigenvalue weighted by molar-refractivity contribution is -0.141. The van der Waals surface area contributed by atoms with Crippen molar-refractivity contribution < 1.29 is 9.90 Å². The Morgan fingerprint density at radius 1 is 1.82 bits per heavy atom. The molecule has 0 saturated carbocycles. The molecule has 0 saturated heterocycles. The summed E-state index contributed by atoms with van der Waals surface area (Å²) in [6.07, 6.45) is 4.21. The van der Waals surface area contributed by atoms with E-state index >= 15 is 0 Å². The maximum Gasteiger partial charge on any atom is 0.306 e. The van der Waals surface area contributed by atoms with Crippen molar-refractivity contribution in [2.75, 3.05) is 0 Å². The summed E-state index contributed by atoms with van der Waals surface area (Å²) in [5.74, 6) is -1.04. The Labute approximate surface area is 65.1 Å². The van der Waals surface area contributed by atoms with Crippen molar-refractivity contribution >= 4 is 5.97 Å². The number of hydrogen-bond acceptors (Lipinski definition) is 1. The average molecular weight is 153 g/mol. The number of carbonyl (C=O) groups is 1. The Balaban J connectivity index is 2.50. The van der Waals surface area contributed by atoms with Crippen molar-refractivity contribution in [2.24, 2.45) is 5.92 Å². The molecule has 0 bridgehead atoms. The van der Waals surface area contributed by atoms with Gasteiger partial charge < -0.3 is 10.1 Å². The normalized spacial score (nSPS) is 12.8. The second-order valence-electron chi connectivity index (χ2n) is 2.66. The Hall–Kier alpha value is -1.25. The molecule has 2 N–H and O–H groups in total. The predicted octanol–water partition coefficient (Wildman–Crippen LogP) is 1.28. The van der Waals surface area contributed by atoms with E-state index in [0.29, 0.717) is 6.42 Å². The molecule has 3 nitrogen and oxygen atoms in total. The largest absolute Gasteiger partial charge is 0.481 e. The van der Waals surface area contributed by atoms with Crippen molar-refractivity contribution in [1.29, 1.82) is 0 Å². The van der Waals surface area contributed by atoms with Gasteiger partial charge >= 0.3 is 5.97 Å². The topological polar surface area (TPSA) is 53.1 Å². The molecule has 1 heterocycles. The number of aromatic amines is 1. The third kappa shape index (κ3) is 2.11. The van der Waals surface area contributed by atoms with Crippen LogP contribution in [0.3, 0.4) is 0 Å². The predicted molar refractivity (Wildman–Crippen MR) is 41.3 cm³/mol. The van der Waals surface area contributed by atoms with E-state index in [1.165, 1.54) is 0 Å². The van der Waals surface area contributed by atoms with Crippen molar-refractivity contribution in [2.45, 2.75) is 13.3 Å². The molecule has 1 rings (SSSR count). The summed E-state index contributed by atoms with van der Waals surface area (Å²) < 4.78 is 0. The molecule has 0 aromatic carbocycles. The van der Waals surface area contributed by atoms with Crippen LogP contribution in [0.15, 0.2) is 18.5 Å². The molecule has 1 unspecified atom stereocenters. The summed E-state index contributed by atoms with van der Waals surface area (Å²) in [7, 11) is 0. The third-order valence-corrected chi connectivity index (χ3v) is 1.63. The van der Waals surface area contributed by atoms with Crippen LogP contribution in [-0.4, -0.2) is 16.1 Å². The Bertz CT molecular complexity index is 228. The highest BCUT2D eigenvalue weighted by atomic mass is 16.4. The third-order valence-electron chi connectivity index (χ3n) is 1.63. The lowest BCUT2D eigenvalue weighted by Gasteiger charge is -2.02. The van der Waals surface area contributed by atoms with Gasteiger partial charge in [-0.1, -0.05) is 6.92 Å². The number of aliphatic carboxylic acids is 1. The number of aromatic nitrogens is 1. The van der Waals surface area contributed by atoms with E-state index in [9.17, 15) is 4.79 Å². The minimum Gasteiger partial charge on any atom is -0.481 e. The van der Waals surface area contributed by atoms with Gasteiger partial charge in [0.05, 0.1) is 5.92 Å². The molecule has 0 spiro atoms. The lowest BCUT2D eigenvalue weighted by atomic mass is 10.0. The maximum atomic E-state index is 10.4. The first-order valence-corrected chi connectivity index (χ1v) is 3.54. The van der Waals surface area contributed by atoms with Gasteiger partial charge in [0.25, 0.3) is 0 Å². The summed E-state index contributed by atoms with van der Waals surface area (Å²) in [5, 5.41) is 8.57. The zero-order chi connectivity index (χ0) is 8.27. The summed E-state index contributed by atoms with van der Waals surface area (Å²) in [6, 6.07) is 1.89. The number of rotatable bonds is 3. The molecule has 1 aromatic rings. The SMILES string of the molecule is CC(Cc1cc[nH]c1)C(=O)O. The summed E-state index contributed by atoms with van der Waals surface area (Å²) >= 11 is 0. The minimum atomic E-state index is -0.744. The van der Waals surface area contributed by atoms with Gasteiger partial charge in [0.2, 0.25) is 0 Å². The molecule has 1 atom stereocenters. The van der Waals surface area contributed by atoms with Crippen LogP contribution in [0.1, 0.15) is 12.5 Å². The number of H-pyrrole nitrogens is 1. The first-order chi connectivity index (χ1) is 5.20. The van der Waals surface area contributed by atoms with Crippen molar-refractivity contribution in [1.82, 2.24) is 4.98 Å². The van der Waals surface area contributed by atoms with Crippen LogP contribution in [0, 0.1) is 5.92 Å². The van der Waals surface area contributed by atoms with Crippen molar-refractivity contribution in [3.05, 3.63) is 24.0 Å². The van der Waals surface area contributed by atoms with Gasteiger partial charge in [-0.05, 0) is 18.1 Å². The average Bonchev–Trinajstić information content (AvgIpc) is 2.39. The van der Waals surface area contributed by atoms with Crippen LogP contribution in [0.2, 0.25) is 0 Å². The highest BCUT2D eigenvalue weighted by Crippen LogP contribution is 2.06. The monoisotopic (exact) mass is 153 g/mol. The van der Waals surface area contributed by atoms with E-state index in [4.69, 9.17) is 5.11 Å². The minimum absolute atomic E-state index is 0.300. The van der Waals surface area contributed by atoms with E-state index in [1.807, 2.05) is 12.3 Å². The molecule has 0 amide bonds. The molecule has 1 aromatic heterocycles. The standard InChI is InChI=1S/C8H11NO2/c1-6(8(10)11)4-7-2-3-9-5-7/h2-3,5-6,9H,4H2,1H3,(H,10,11). The first-order valence-electron chi connectivity index (χ1n) is 3.54. The molecule has 3 heteroatoms. The van der Waals surface area contributed by atoms with E-state index in [0.717, 1.165) is 5.56 Å². The fourth-order valence-electron chi connectivity index (χ4n) is 0.926. The van der Waals surface area contributed by atoms with Gasteiger partial charge in [-0.3, -0.25) is 4.79 Å². The molecular weight excluding hydrogens is 142 g/mol. The zero-order valence-corrected chi connectivity index (χ0v) is 6.37. The summed E-state index contributed by atoms with van der Waals surface area (Å²) in [4.78, 5) is 13.3. The number of nitrogens with one attached hydrogen (secondary N) is 1. The van der Waals surface area contributed by atoms with Gasteiger partial charge in [0, 0.05) is 12.4 Å². The highest BCUT2D eigenvalue weighted by molar-refractivity contribution is 5.69. The van der Waals surface area contributed by atoms with Gasteiger partial charge in [-0.15, -0.1) is 0 Å². The zero-order valence-electron chi connectivity index (χ0n) is 6.37. The Kier molecular flexibility index (Phi) is 2.31. The van der Waals surface area contributed by atoms with E-state index < -0.39 is 5.97 Å². The van der Waals surface area contributed by atoms with Crippen LogP contribution >= 0.6 is 0 Å². The number of carboxylic acids is 1. The van der Waals surface area contributed by atoms with Crippen LogP contribution in [0.4, 0.5) is 0 Å². The van der Waals surface area contributed by atoms with Crippen LogP contribution in [0.25, 0.3) is 0 Å². The molecule has 11 heavy (non-hydrogen) atoms. The van der Waals surface area contributed by atoms with E-state index in [-0.39, 0.29) is 5.92 Å². The summed E-state index contributed by atoms with van der Waals surface area (Å²) in [6.45, 7) is 1.70. The second-order valence-corrected chi connectivity index (χ2v) is 2.66.